The number of rotatable bonds is 1. The van der Waals surface area contributed by atoms with Crippen molar-refractivity contribution in [2.45, 2.75) is 0 Å². The molecule has 0 aliphatic rings. The van der Waals surface area contributed by atoms with Gasteiger partial charge in [-0.05, 0) is 12.1 Å². The van der Waals surface area contributed by atoms with E-state index in [4.69, 9.17) is 5.11 Å². The lowest BCUT2D eigenvalue weighted by Gasteiger charge is -2.01. The SMILES string of the molecule is O=C(O)ONC(=O)c1ccccc1. The Morgan fingerprint density at radius 2 is 1.85 bits per heavy atom. The molecule has 0 aliphatic heterocycles. The molecule has 1 aromatic carbocycles. The van der Waals surface area contributed by atoms with Crippen molar-refractivity contribution in [2.24, 2.45) is 0 Å². The summed E-state index contributed by atoms with van der Waals surface area (Å²) in [5.41, 5.74) is 2.10. The second-order valence-electron chi connectivity index (χ2n) is 2.17. The van der Waals surface area contributed by atoms with Gasteiger partial charge in [-0.1, -0.05) is 18.2 Å². The first-order chi connectivity index (χ1) is 6.20. The summed E-state index contributed by atoms with van der Waals surface area (Å²) in [5, 5.41) is 8.07. The van der Waals surface area contributed by atoms with Gasteiger partial charge in [0.2, 0.25) is 0 Å². The van der Waals surface area contributed by atoms with Crippen molar-refractivity contribution in [1.29, 1.82) is 0 Å². The Labute approximate surface area is 73.9 Å². The number of nitrogens with one attached hydrogen (secondary N) is 1. The Morgan fingerprint density at radius 3 is 2.38 bits per heavy atom. The molecular formula is C8H7NO4. The molecule has 2 N–H and O–H groups in total. The van der Waals surface area contributed by atoms with Gasteiger partial charge in [-0.15, -0.1) is 0 Å². The highest BCUT2D eigenvalue weighted by Gasteiger charge is 2.05. The van der Waals surface area contributed by atoms with Crippen LogP contribution < -0.4 is 5.48 Å². The molecule has 0 heterocycles. The zero-order valence-electron chi connectivity index (χ0n) is 6.56. The molecule has 5 heteroatoms. The van der Waals surface area contributed by atoms with E-state index in [1.165, 1.54) is 0 Å². The lowest BCUT2D eigenvalue weighted by atomic mass is 10.2. The van der Waals surface area contributed by atoms with Gasteiger partial charge in [0, 0.05) is 5.56 Å². The van der Waals surface area contributed by atoms with Crippen molar-refractivity contribution in [2.75, 3.05) is 0 Å². The average Bonchev–Trinajstić information content (AvgIpc) is 2.15. The molecule has 1 amide bonds. The van der Waals surface area contributed by atoms with Gasteiger partial charge in [0.15, 0.2) is 0 Å². The molecule has 0 saturated carbocycles. The average molecular weight is 181 g/mol. The molecule has 1 aromatic rings. The van der Waals surface area contributed by atoms with Gasteiger partial charge in [0.1, 0.15) is 0 Å². The highest BCUT2D eigenvalue weighted by Crippen LogP contribution is 1.97. The van der Waals surface area contributed by atoms with E-state index in [-0.39, 0.29) is 0 Å². The summed E-state index contributed by atoms with van der Waals surface area (Å²) in [6.45, 7) is 0. The summed E-state index contributed by atoms with van der Waals surface area (Å²) >= 11 is 0. The number of carbonyl (C=O) groups excluding carboxylic acids is 1. The Balaban J connectivity index is 2.54. The minimum Gasteiger partial charge on any atom is -0.448 e. The van der Waals surface area contributed by atoms with E-state index < -0.39 is 12.1 Å². The number of hydroxylamine groups is 1. The van der Waals surface area contributed by atoms with Crippen LogP contribution in [-0.2, 0) is 4.84 Å². The highest BCUT2D eigenvalue weighted by atomic mass is 16.8. The summed E-state index contributed by atoms with van der Waals surface area (Å²) in [6, 6.07) is 8.15. The summed E-state index contributed by atoms with van der Waals surface area (Å²) in [4.78, 5) is 24.8. The predicted octanol–water partition coefficient (Wildman–Crippen LogP) is 1.03. The van der Waals surface area contributed by atoms with E-state index in [0.29, 0.717) is 5.56 Å². The molecule has 0 fully saturated rings. The van der Waals surface area contributed by atoms with Gasteiger partial charge in [-0.3, -0.25) is 4.79 Å². The standard InChI is InChI=1S/C8H7NO4/c10-7(9-13-8(11)12)6-4-2-1-3-5-6/h1-5H,(H,9,10)(H,11,12). The largest absolute Gasteiger partial charge is 0.530 e. The number of hydrogen-bond acceptors (Lipinski definition) is 3. The number of carboxylic acid groups (broad SMARTS) is 1. The normalized spacial score (nSPS) is 8.92. The van der Waals surface area contributed by atoms with E-state index in [9.17, 15) is 9.59 Å². The third kappa shape index (κ3) is 2.82. The van der Waals surface area contributed by atoms with Crippen LogP contribution in [0.2, 0.25) is 0 Å². The molecule has 0 unspecified atom stereocenters. The molecule has 0 radical (unpaired) electrons. The molecule has 0 aliphatic carbocycles. The van der Waals surface area contributed by atoms with Gasteiger partial charge in [-0.2, -0.15) is 5.48 Å². The first kappa shape index (κ1) is 9.05. The first-order valence-electron chi connectivity index (χ1n) is 3.45. The Bertz CT molecular complexity index is 309. The highest BCUT2D eigenvalue weighted by molar-refractivity contribution is 5.93. The molecule has 1 rings (SSSR count). The smallest absolute Gasteiger partial charge is 0.448 e. The van der Waals surface area contributed by atoms with Crippen LogP contribution in [0.25, 0.3) is 0 Å². The Kier molecular flexibility index (Phi) is 2.86. The van der Waals surface area contributed by atoms with Crippen molar-refractivity contribution in [3.63, 3.8) is 0 Å². The van der Waals surface area contributed by atoms with Crippen LogP contribution in [0, 0.1) is 0 Å². The van der Waals surface area contributed by atoms with Crippen molar-refractivity contribution < 1.29 is 19.5 Å². The van der Waals surface area contributed by atoms with Crippen molar-refractivity contribution in [3.8, 4) is 0 Å². The van der Waals surface area contributed by atoms with Crippen LogP contribution in [-0.4, -0.2) is 17.2 Å². The van der Waals surface area contributed by atoms with Crippen LogP contribution in [0.1, 0.15) is 10.4 Å². The summed E-state index contributed by atoms with van der Waals surface area (Å²) in [7, 11) is 0. The lowest BCUT2D eigenvalue weighted by Crippen LogP contribution is -2.26. The van der Waals surface area contributed by atoms with Crippen molar-refractivity contribution in [1.82, 2.24) is 5.48 Å². The van der Waals surface area contributed by atoms with Gasteiger partial charge < -0.3 is 9.94 Å². The third-order valence-electron chi connectivity index (χ3n) is 1.27. The van der Waals surface area contributed by atoms with Gasteiger partial charge >= 0.3 is 6.16 Å². The number of benzene rings is 1. The molecule has 0 saturated heterocycles. The molecule has 0 bridgehead atoms. The van der Waals surface area contributed by atoms with E-state index >= 15 is 0 Å². The second-order valence-corrected chi connectivity index (χ2v) is 2.17. The molecule has 0 atom stereocenters. The summed E-state index contributed by atoms with van der Waals surface area (Å²) < 4.78 is 0. The van der Waals surface area contributed by atoms with Crippen LogP contribution in [0.15, 0.2) is 30.3 Å². The van der Waals surface area contributed by atoms with Gasteiger partial charge in [-0.25, -0.2) is 4.79 Å². The zero-order valence-corrected chi connectivity index (χ0v) is 6.56. The molecule has 5 nitrogen and oxygen atoms in total. The topological polar surface area (TPSA) is 75.6 Å². The minimum atomic E-state index is -1.55. The predicted molar refractivity (Wildman–Crippen MR) is 43.0 cm³/mol. The number of amides is 1. The van der Waals surface area contributed by atoms with Crippen LogP contribution in [0.5, 0.6) is 0 Å². The van der Waals surface area contributed by atoms with Crippen LogP contribution in [0.3, 0.4) is 0 Å². The molecular weight excluding hydrogens is 174 g/mol. The van der Waals surface area contributed by atoms with E-state index in [1.807, 2.05) is 0 Å². The maximum atomic E-state index is 11.0. The quantitative estimate of drug-likeness (QED) is 0.634. The zero-order chi connectivity index (χ0) is 9.68. The van der Waals surface area contributed by atoms with Crippen LogP contribution in [0.4, 0.5) is 4.79 Å². The monoisotopic (exact) mass is 181 g/mol. The third-order valence-corrected chi connectivity index (χ3v) is 1.27. The molecule has 13 heavy (non-hydrogen) atoms. The van der Waals surface area contributed by atoms with Crippen molar-refractivity contribution >= 4 is 12.1 Å². The molecule has 0 aromatic heterocycles. The fraction of sp³-hybridized carbons (Fsp3) is 0. The van der Waals surface area contributed by atoms with E-state index in [0.717, 1.165) is 0 Å². The van der Waals surface area contributed by atoms with Gasteiger partial charge in [0.25, 0.3) is 5.91 Å². The fourth-order valence-electron chi connectivity index (χ4n) is 0.738. The Morgan fingerprint density at radius 1 is 1.23 bits per heavy atom. The Hall–Kier alpha value is -2.04. The summed E-state index contributed by atoms with van der Waals surface area (Å²) in [6.07, 6.45) is -1.55. The van der Waals surface area contributed by atoms with E-state index in [1.54, 1.807) is 35.8 Å². The van der Waals surface area contributed by atoms with Crippen molar-refractivity contribution in [3.05, 3.63) is 35.9 Å². The first-order valence-corrected chi connectivity index (χ1v) is 3.45. The lowest BCUT2D eigenvalue weighted by molar-refractivity contribution is 0.0350. The van der Waals surface area contributed by atoms with E-state index in [2.05, 4.69) is 4.84 Å². The van der Waals surface area contributed by atoms with Gasteiger partial charge in [0.05, 0.1) is 0 Å². The second kappa shape index (κ2) is 4.10. The van der Waals surface area contributed by atoms with Crippen LogP contribution >= 0.6 is 0 Å². The number of carbonyl (C=O) groups is 2. The fourth-order valence-corrected chi connectivity index (χ4v) is 0.738. The summed E-state index contributed by atoms with van der Waals surface area (Å²) in [5.74, 6) is -0.594. The molecule has 68 valence electrons. The molecule has 0 spiro atoms. The number of hydrogen-bond donors (Lipinski definition) is 2. The maximum absolute atomic E-state index is 11.0. The maximum Gasteiger partial charge on any atom is 0.530 e. The minimum absolute atomic E-state index is 0.337.